The fourth-order valence-electron chi connectivity index (χ4n) is 11.8. The molecule has 6 atom stereocenters. The second-order valence-corrected chi connectivity index (χ2v) is 18.5. The molecule has 0 unspecified atom stereocenters. The molecule has 8 nitrogen and oxygen atoms in total. The Morgan fingerprint density at radius 2 is 0.969 bits per heavy atom. The summed E-state index contributed by atoms with van der Waals surface area (Å²) in [7, 11) is 0. The SMILES string of the molecule is CC[C@@]12CC[C@@](O)(C(F)(F)F)C[C@H]1CCCc1nc3c(cnn3-c3ccc(F)cc3)cc12.CC[C@@]12CC[C@](O)(C(F)(F)F)C[C@H]1CCCc1nc3c(cnn3-c3ccc(F)cc3)cc12. The lowest BCUT2D eigenvalue weighted by Crippen LogP contribution is -2.54. The van der Waals surface area contributed by atoms with Gasteiger partial charge in [0.15, 0.2) is 22.5 Å². The number of fused-ring (bicyclic) bond motifs is 8. The summed E-state index contributed by atoms with van der Waals surface area (Å²) in [4.78, 5) is 9.85. The first-order valence-electron chi connectivity index (χ1n) is 22.2. The van der Waals surface area contributed by atoms with E-state index in [0.29, 0.717) is 61.2 Å². The van der Waals surface area contributed by atoms with Gasteiger partial charge in [0.05, 0.1) is 23.8 Å². The van der Waals surface area contributed by atoms with Crippen LogP contribution in [0.5, 0.6) is 0 Å². The Hall–Kier alpha value is -4.96. The summed E-state index contributed by atoms with van der Waals surface area (Å²) >= 11 is 0. The summed E-state index contributed by atoms with van der Waals surface area (Å²) in [5.74, 6) is -1.20. The van der Waals surface area contributed by atoms with Crippen molar-refractivity contribution in [2.24, 2.45) is 11.8 Å². The molecule has 2 aromatic carbocycles. The highest BCUT2D eigenvalue weighted by Gasteiger charge is 2.62. The molecule has 4 heterocycles. The average molecular weight is 895 g/mol. The predicted molar refractivity (Wildman–Crippen MR) is 224 cm³/mol. The van der Waals surface area contributed by atoms with Crippen molar-refractivity contribution in [1.29, 1.82) is 0 Å². The van der Waals surface area contributed by atoms with Gasteiger partial charge in [0.2, 0.25) is 0 Å². The van der Waals surface area contributed by atoms with E-state index in [0.717, 1.165) is 46.1 Å². The molecular formula is C48H50F8N6O2. The fourth-order valence-corrected chi connectivity index (χ4v) is 11.8. The highest BCUT2D eigenvalue weighted by Crippen LogP contribution is 2.58. The molecule has 2 N–H and O–H groups in total. The molecule has 4 aliphatic rings. The lowest BCUT2D eigenvalue weighted by molar-refractivity contribution is -0.279. The largest absolute Gasteiger partial charge is 0.417 e. The molecule has 64 heavy (non-hydrogen) atoms. The van der Waals surface area contributed by atoms with Crippen LogP contribution in [0.1, 0.15) is 113 Å². The Labute approximate surface area is 364 Å². The summed E-state index contributed by atoms with van der Waals surface area (Å²) in [6, 6.07) is 16.1. The molecule has 340 valence electrons. The molecule has 2 fully saturated rings. The van der Waals surface area contributed by atoms with Crippen LogP contribution in [0.3, 0.4) is 0 Å². The lowest BCUT2D eigenvalue weighted by atomic mass is 9.57. The van der Waals surface area contributed by atoms with Gasteiger partial charge in [0.25, 0.3) is 0 Å². The Balaban J connectivity index is 0.000000162. The van der Waals surface area contributed by atoms with Crippen LogP contribution in [0.2, 0.25) is 0 Å². The van der Waals surface area contributed by atoms with Crippen LogP contribution in [0.25, 0.3) is 33.4 Å². The van der Waals surface area contributed by atoms with Crippen molar-refractivity contribution < 1.29 is 45.3 Å². The first kappa shape index (κ1) is 44.3. The van der Waals surface area contributed by atoms with Crippen LogP contribution in [0.4, 0.5) is 35.1 Å². The van der Waals surface area contributed by atoms with Crippen LogP contribution in [-0.2, 0) is 23.7 Å². The number of benzene rings is 2. The summed E-state index contributed by atoms with van der Waals surface area (Å²) < 4.78 is 112. The second kappa shape index (κ2) is 15.9. The number of hydrogen-bond donors (Lipinski definition) is 2. The van der Waals surface area contributed by atoms with Gasteiger partial charge in [-0.2, -0.15) is 36.5 Å². The van der Waals surface area contributed by atoms with Gasteiger partial charge in [-0.3, -0.25) is 0 Å². The van der Waals surface area contributed by atoms with Gasteiger partial charge in [-0.15, -0.1) is 0 Å². The van der Waals surface area contributed by atoms with Crippen molar-refractivity contribution in [1.82, 2.24) is 29.5 Å². The molecule has 4 aromatic heterocycles. The first-order valence-corrected chi connectivity index (χ1v) is 22.2. The van der Waals surface area contributed by atoms with Crippen molar-refractivity contribution in [3.8, 4) is 11.4 Å². The molecule has 16 heteroatoms. The second-order valence-electron chi connectivity index (χ2n) is 18.5. The van der Waals surface area contributed by atoms with Gasteiger partial charge in [0.1, 0.15) is 11.6 Å². The number of nitrogens with zero attached hydrogens (tertiary/aromatic N) is 6. The minimum Gasteiger partial charge on any atom is -0.380 e. The monoisotopic (exact) mass is 894 g/mol. The summed E-state index contributed by atoms with van der Waals surface area (Å²) in [5.41, 5.74) is 0.354. The van der Waals surface area contributed by atoms with Gasteiger partial charge >= 0.3 is 12.4 Å². The number of alkyl halides is 6. The van der Waals surface area contributed by atoms with E-state index < -0.39 is 34.4 Å². The van der Waals surface area contributed by atoms with Gasteiger partial charge in [-0.1, -0.05) is 13.8 Å². The van der Waals surface area contributed by atoms with E-state index in [1.165, 1.54) is 24.3 Å². The smallest absolute Gasteiger partial charge is 0.380 e. The van der Waals surface area contributed by atoms with Crippen molar-refractivity contribution in [3.05, 3.63) is 107 Å². The number of aliphatic hydroxyl groups is 2. The number of aryl methyl sites for hydroxylation is 2. The highest BCUT2D eigenvalue weighted by molar-refractivity contribution is 5.79. The van der Waals surface area contributed by atoms with E-state index in [-0.39, 0.29) is 62.0 Å². The molecule has 0 spiro atoms. The number of halogens is 8. The van der Waals surface area contributed by atoms with Gasteiger partial charge < -0.3 is 10.2 Å². The molecule has 4 aliphatic carbocycles. The van der Waals surface area contributed by atoms with Gasteiger partial charge in [0, 0.05) is 22.2 Å². The molecule has 0 aliphatic heterocycles. The maximum atomic E-state index is 13.6. The third-order valence-corrected chi connectivity index (χ3v) is 15.4. The zero-order valence-corrected chi connectivity index (χ0v) is 35.6. The molecule has 0 amide bonds. The van der Waals surface area contributed by atoms with Crippen molar-refractivity contribution >= 4 is 22.1 Å². The third-order valence-electron chi connectivity index (χ3n) is 15.4. The topological polar surface area (TPSA) is 102 Å². The van der Waals surface area contributed by atoms with E-state index in [9.17, 15) is 45.3 Å². The summed E-state index contributed by atoms with van der Waals surface area (Å²) in [5, 5.41) is 31.4. The first-order chi connectivity index (χ1) is 30.3. The summed E-state index contributed by atoms with van der Waals surface area (Å²) in [6.07, 6.45) is -1.02. The Morgan fingerprint density at radius 1 is 0.594 bits per heavy atom. The van der Waals surface area contributed by atoms with Crippen molar-refractivity contribution in [2.75, 3.05) is 0 Å². The van der Waals surface area contributed by atoms with Crippen LogP contribution in [-0.4, -0.2) is 63.3 Å². The van der Waals surface area contributed by atoms with E-state index in [2.05, 4.69) is 10.2 Å². The average Bonchev–Trinajstić information content (AvgIpc) is 3.79. The minimum absolute atomic E-state index is 0.263. The van der Waals surface area contributed by atoms with E-state index >= 15 is 0 Å². The fraction of sp³-hybridized carbons (Fsp3) is 0.500. The third kappa shape index (κ3) is 7.26. The normalized spacial score (nSPS) is 28.2. The zero-order chi connectivity index (χ0) is 45.5. The molecule has 6 aromatic rings. The van der Waals surface area contributed by atoms with E-state index in [1.54, 1.807) is 46.0 Å². The maximum Gasteiger partial charge on any atom is 0.417 e. The Morgan fingerprint density at radius 3 is 1.31 bits per heavy atom. The highest BCUT2D eigenvalue weighted by atomic mass is 19.4. The number of pyridine rings is 2. The van der Waals surface area contributed by atoms with Gasteiger partial charge in [-0.25, -0.2) is 28.1 Å². The van der Waals surface area contributed by atoms with Crippen LogP contribution < -0.4 is 0 Å². The molecule has 2 saturated carbocycles. The molecule has 0 bridgehead atoms. The van der Waals surface area contributed by atoms with Crippen LogP contribution >= 0.6 is 0 Å². The van der Waals surface area contributed by atoms with Crippen molar-refractivity contribution in [2.45, 2.75) is 138 Å². The number of aromatic nitrogens is 6. The standard InChI is InChI=1S/2C24H25F4N3O/c2*1-2-22-10-11-23(32,24(26,27)28)13-16(22)4-3-5-20-19(22)12-15-14-29-31(21(15)30-20)18-8-6-17(25)7-9-18/h2*6-9,12,14,16,32H,2-5,10-11,13H2,1H3/t16-,22-,23+;16-,22-,23-/m11/s1. The van der Waals surface area contributed by atoms with Crippen LogP contribution in [0, 0.1) is 23.5 Å². The lowest BCUT2D eigenvalue weighted by Gasteiger charge is -2.50. The van der Waals surface area contributed by atoms with Gasteiger partial charge in [-0.05, 0) is 184 Å². The number of hydrogen-bond acceptors (Lipinski definition) is 6. The number of rotatable bonds is 4. The summed E-state index contributed by atoms with van der Waals surface area (Å²) in [6.45, 7) is 4.04. The predicted octanol–water partition coefficient (Wildman–Crippen LogP) is 11.3. The molecule has 0 saturated heterocycles. The minimum atomic E-state index is -4.62. The Kier molecular flexibility index (Phi) is 11.0. The quantitative estimate of drug-likeness (QED) is 0.171. The van der Waals surface area contributed by atoms with E-state index in [1.807, 2.05) is 26.0 Å². The van der Waals surface area contributed by atoms with Crippen LogP contribution in [0.15, 0.2) is 73.1 Å². The zero-order valence-electron chi connectivity index (χ0n) is 35.6. The maximum absolute atomic E-state index is 13.6. The molecule has 0 radical (unpaired) electrons. The van der Waals surface area contributed by atoms with E-state index in [4.69, 9.17) is 9.97 Å². The van der Waals surface area contributed by atoms with Crippen molar-refractivity contribution in [3.63, 3.8) is 0 Å². The molecule has 10 rings (SSSR count). The Bertz CT molecular complexity index is 2500. The molecular weight excluding hydrogens is 845 g/mol.